The SMILES string of the molecule is CC(Sc1n[nH]c(Cc2cccs2)n1)C(=O)NC(=O)NC(C)(C)C. The highest BCUT2D eigenvalue weighted by Gasteiger charge is 2.21. The van der Waals surface area contributed by atoms with Gasteiger partial charge in [0.25, 0.3) is 0 Å². The average Bonchev–Trinajstić information content (AvgIpc) is 3.09. The zero-order chi connectivity index (χ0) is 17.7. The molecule has 24 heavy (non-hydrogen) atoms. The van der Waals surface area contributed by atoms with Crippen LogP contribution in [0.4, 0.5) is 4.79 Å². The third-order valence-corrected chi connectivity index (χ3v) is 4.65. The number of carbonyl (C=O) groups excluding carboxylic acids is 2. The first kappa shape index (κ1) is 18.5. The number of urea groups is 1. The quantitative estimate of drug-likeness (QED) is 0.705. The van der Waals surface area contributed by atoms with Crippen molar-refractivity contribution in [2.75, 3.05) is 0 Å². The number of amides is 3. The Balaban J connectivity index is 1.85. The van der Waals surface area contributed by atoms with Gasteiger partial charge in [-0.15, -0.1) is 16.4 Å². The normalized spacial score (nSPS) is 12.7. The maximum atomic E-state index is 12.0. The maximum absolute atomic E-state index is 12.0. The predicted octanol–water partition coefficient (Wildman–Crippen LogP) is 2.56. The molecule has 2 aromatic rings. The molecule has 0 saturated carbocycles. The third kappa shape index (κ3) is 5.97. The molecule has 0 bridgehead atoms. The van der Waals surface area contributed by atoms with Crippen LogP contribution >= 0.6 is 23.1 Å². The van der Waals surface area contributed by atoms with Crippen LogP contribution in [-0.4, -0.2) is 37.9 Å². The van der Waals surface area contributed by atoms with Gasteiger partial charge in [0.2, 0.25) is 11.1 Å². The molecule has 0 aromatic carbocycles. The number of imide groups is 1. The monoisotopic (exact) mass is 367 g/mol. The van der Waals surface area contributed by atoms with E-state index in [-0.39, 0.29) is 5.91 Å². The summed E-state index contributed by atoms with van der Waals surface area (Å²) in [5, 5.41) is 14.0. The number of hydrogen-bond donors (Lipinski definition) is 3. The van der Waals surface area contributed by atoms with Crippen LogP contribution < -0.4 is 10.6 Å². The Bertz CT molecular complexity index is 691. The van der Waals surface area contributed by atoms with Crippen LogP contribution in [0, 0.1) is 0 Å². The molecule has 2 rings (SSSR count). The van der Waals surface area contributed by atoms with E-state index in [9.17, 15) is 9.59 Å². The molecule has 130 valence electrons. The van der Waals surface area contributed by atoms with E-state index >= 15 is 0 Å². The lowest BCUT2D eigenvalue weighted by atomic mass is 10.1. The minimum absolute atomic E-state index is 0.383. The standard InChI is InChI=1S/C15H21N5O2S2/c1-9(12(21)17-13(22)18-15(2,3)4)24-14-16-11(19-20-14)8-10-6-5-7-23-10/h5-7,9H,8H2,1-4H3,(H,16,19,20)(H2,17,18,21,22). The Morgan fingerprint density at radius 1 is 1.42 bits per heavy atom. The number of nitrogens with zero attached hydrogens (tertiary/aromatic N) is 2. The Hall–Kier alpha value is -1.87. The van der Waals surface area contributed by atoms with Gasteiger partial charge in [0, 0.05) is 16.8 Å². The van der Waals surface area contributed by atoms with E-state index in [1.54, 1.807) is 18.3 Å². The number of hydrogen-bond acceptors (Lipinski definition) is 6. The van der Waals surface area contributed by atoms with Crippen molar-refractivity contribution >= 4 is 35.0 Å². The number of thioether (sulfide) groups is 1. The Kier molecular flexibility index (Phi) is 6.00. The lowest BCUT2D eigenvalue weighted by Gasteiger charge is -2.20. The van der Waals surface area contributed by atoms with Crippen LogP contribution in [-0.2, 0) is 11.2 Å². The van der Waals surface area contributed by atoms with E-state index < -0.39 is 16.8 Å². The summed E-state index contributed by atoms with van der Waals surface area (Å²) in [4.78, 5) is 29.3. The van der Waals surface area contributed by atoms with Gasteiger partial charge in [-0.1, -0.05) is 17.8 Å². The van der Waals surface area contributed by atoms with Crippen molar-refractivity contribution in [2.24, 2.45) is 0 Å². The van der Waals surface area contributed by atoms with E-state index in [0.717, 1.165) is 5.82 Å². The summed E-state index contributed by atoms with van der Waals surface area (Å²) >= 11 is 2.86. The van der Waals surface area contributed by atoms with Gasteiger partial charge in [0.15, 0.2) is 0 Å². The Labute approximate surface area is 149 Å². The number of rotatable bonds is 5. The van der Waals surface area contributed by atoms with Gasteiger partial charge in [-0.3, -0.25) is 15.2 Å². The molecule has 3 N–H and O–H groups in total. The van der Waals surface area contributed by atoms with Crippen molar-refractivity contribution in [2.45, 2.75) is 50.1 Å². The van der Waals surface area contributed by atoms with Crippen molar-refractivity contribution in [3.05, 3.63) is 28.2 Å². The summed E-state index contributed by atoms with van der Waals surface area (Å²) in [6.45, 7) is 7.24. The van der Waals surface area contributed by atoms with Gasteiger partial charge in [-0.2, -0.15) is 0 Å². The highest BCUT2D eigenvalue weighted by molar-refractivity contribution is 8.00. The summed E-state index contributed by atoms with van der Waals surface area (Å²) in [6.07, 6.45) is 0.680. The van der Waals surface area contributed by atoms with Crippen molar-refractivity contribution in [3.8, 4) is 0 Å². The first-order valence-corrected chi connectivity index (χ1v) is 9.22. The summed E-state index contributed by atoms with van der Waals surface area (Å²) in [5.41, 5.74) is -0.402. The molecular weight excluding hydrogens is 346 g/mol. The summed E-state index contributed by atoms with van der Waals surface area (Å²) < 4.78 is 0. The van der Waals surface area contributed by atoms with Crippen LogP contribution in [0.5, 0.6) is 0 Å². The van der Waals surface area contributed by atoms with Crippen molar-refractivity contribution in [1.82, 2.24) is 25.8 Å². The number of thiophene rings is 1. The summed E-state index contributed by atoms with van der Waals surface area (Å²) in [5.74, 6) is 0.365. The molecule has 7 nitrogen and oxygen atoms in total. The fourth-order valence-corrected chi connectivity index (χ4v) is 3.24. The molecule has 2 heterocycles. The topological polar surface area (TPSA) is 99.8 Å². The van der Waals surface area contributed by atoms with Gasteiger partial charge in [0.1, 0.15) is 5.82 Å². The molecule has 0 aliphatic heterocycles. The van der Waals surface area contributed by atoms with Gasteiger partial charge < -0.3 is 5.32 Å². The highest BCUT2D eigenvalue weighted by atomic mass is 32.2. The molecule has 0 spiro atoms. The predicted molar refractivity (Wildman–Crippen MR) is 95.3 cm³/mol. The van der Waals surface area contributed by atoms with Crippen molar-refractivity contribution < 1.29 is 9.59 Å². The Morgan fingerprint density at radius 2 is 2.17 bits per heavy atom. The maximum Gasteiger partial charge on any atom is 0.321 e. The van der Waals surface area contributed by atoms with E-state index in [4.69, 9.17) is 0 Å². The zero-order valence-electron chi connectivity index (χ0n) is 14.0. The number of H-pyrrole nitrogens is 1. The van der Waals surface area contributed by atoms with Crippen molar-refractivity contribution in [3.63, 3.8) is 0 Å². The van der Waals surface area contributed by atoms with E-state index in [0.29, 0.717) is 11.6 Å². The number of carbonyl (C=O) groups is 2. The fourth-order valence-electron chi connectivity index (χ4n) is 1.78. The molecule has 0 fully saturated rings. The van der Waals surface area contributed by atoms with Crippen molar-refractivity contribution in [1.29, 1.82) is 0 Å². The van der Waals surface area contributed by atoms with Gasteiger partial charge in [-0.05, 0) is 39.1 Å². The molecule has 2 aromatic heterocycles. The fraction of sp³-hybridized carbons (Fsp3) is 0.467. The second-order valence-corrected chi connectivity index (χ2v) is 8.61. The Morgan fingerprint density at radius 3 is 2.79 bits per heavy atom. The zero-order valence-corrected chi connectivity index (χ0v) is 15.7. The summed E-state index contributed by atoms with van der Waals surface area (Å²) in [6, 6.07) is 3.51. The third-order valence-electron chi connectivity index (χ3n) is 2.81. The van der Waals surface area contributed by atoms with Gasteiger partial charge in [0.05, 0.1) is 5.25 Å². The molecule has 1 atom stereocenters. The largest absolute Gasteiger partial charge is 0.333 e. The van der Waals surface area contributed by atoms with Crippen LogP contribution in [0.15, 0.2) is 22.7 Å². The van der Waals surface area contributed by atoms with E-state index in [1.165, 1.54) is 16.6 Å². The molecule has 0 aliphatic rings. The van der Waals surface area contributed by atoms with E-state index in [2.05, 4.69) is 25.8 Å². The second kappa shape index (κ2) is 7.80. The van der Waals surface area contributed by atoms with Crippen LogP contribution in [0.3, 0.4) is 0 Å². The number of aromatic nitrogens is 3. The molecule has 0 saturated heterocycles. The molecule has 1 unspecified atom stereocenters. The van der Waals surface area contributed by atoms with Crippen LogP contribution in [0.1, 0.15) is 38.4 Å². The molecule has 9 heteroatoms. The first-order valence-electron chi connectivity index (χ1n) is 7.46. The number of aromatic amines is 1. The second-order valence-electron chi connectivity index (χ2n) is 6.27. The van der Waals surface area contributed by atoms with Gasteiger partial charge in [-0.25, -0.2) is 9.78 Å². The number of nitrogens with one attached hydrogen (secondary N) is 3. The highest BCUT2D eigenvalue weighted by Crippen LogP contribution is 2.20. The van der Waals surface area contributed by atoms with Crippen LogP contribution in [0.25, 0.3) is 0 Å². The lowest BCUT2D eigenvalue weighted by molar-refractivity contribution is -0.119. The smallest absolute Gasteiger partial charge is 0.321 e. The summed E-state index contributed by atoms with van der Waals surface area (Å²) in [7, 11) is 0. The molecule has 3 amide bonds. The lowest BCUT2D eigenvalue weighted by Crippen LogP contribution is -2.49. The van der Waals surface area contributed by atoms with Crippen LogP contribution in [0.2, 0.25) is 0 Å². The van der Waals surface area contributed by atoms with E-state index in [1.807, 2.05) is 38.3 Å². The van der Waals surface area contributed by atoms with Gasteiger partial charge >= 0.3 is 6.03 Å². The molecule has 0 aliphatic carbocycles. The average molecular weight is 368 g/mol. The first-order chi connectivity index (χ1) is 11.2. The minimum Gasteiger partial charge on any atom is -0.333 e. The molecular formula is C15H21N5O2S2. The minimum atomic E-state index is -0.506. The molecule has 0 radical (unpaired) electrons.